The van der Waals surface area contributed by atoms with Crippen molar-refractivity contribution in [2.24, 2.45) is 5.41 Å². The maximum atomic E-state index is 11.0. The van der Waals surface area contributed by atoms with Crippen LogP contribution in [0.4, 0.5) is 0 Å². The molecule has 1 fully saturated rings. The van der Waals surface area contributed by atoms with Gasteiger partial charge in [-0.1, -0.05) is 28.1 Å². The monoisotopic (exact) mass is 296 g/mol. The summed E-state index contributed by atoms with van der Waals surface area (Å²) in [7, 11) is 0. The molecule has 1 aromatic carbocycles. The van der Waals surface area contributed by atoms with E-state index >= 15 is 0 Å². The van der Waals surface area contributed by atoms with Gasteiger partial charge >= 0.3 is 0 Å². The second kappa shape index (κ2) is 5.21. The maximum absolute atomic E-state index is 11.0. The molecule has 3 heteroatoms. The van der Waals surface area contributed by atoms with Crippen molar-refractivity contribution in [3.8, 4) is 5.75 Å². The summed E-state index contributed by atoms with van der Waals surface area (Å²) < 4.78 is 5.77. The second-order valence-electron chi connectivity index (χ2n) is 4.95. The molecule has 0 saturated heterocycles. The van der Waals surface area contributed by atoms with Crippen molar-refractivity contribution in [2.75, 3.05) is 11.9 Å². The molecular formula is C14H17BrO2. The van der Waals surface area contributed by atoms with Crippen LogP contribution in [0.3, 0.4) is 0 Å². The lowest BCUT2D eigenvalue weighted by Crippen LogP contribution is -2.14. The Morgan fingerprint density at radius 2 is 2.00 bits per heavy atom. The van der Waals surface area contributed by atoms with E-state index in [4.69, 9.17) is 4.74 Å². The molecular weight excluding hydrogens is 280 g/mol. The molecule has 0 amide bonds. The number of hydrogen-bond acceptors (Lipinski definition) is 2. The number of carbonyl (C=O) groups excluding carboxylic acids is 1. The third-order valence-corrected chi connectivity index (χ3v) is 4.35. The zero-order chi connectivity index (χ0) is 12.3. The third-order valence-electron chi connectivity index (χ3n) is 3.16. The molecule has 0 aromatic heterocycles. The second-order valence-corrected chi connectivity index (χ2v) is 5.51. The fourth-order valence-electron chi connectivity index (χ4n) is 1.72. The topological polar surface area (TPSA) is 26.3 Å². The summed E-state index contributed by atoms with van der Waals surface area (Å²) in [5.41, 5.74) is 1.42. The van der Waals surface area contributed by atoms with Gasteiger partial charge in [0.25, 0.3) is 0 Å². The number of hydrogen-bond donors (Lipinski definition) is 0. The van der Waals surface area contributed by atoms with Gasteiger partial charge in [-0.3, -0.25) is 4.79 Å². The summed E-state index contributed by atoms with van der Waals surface area (Å²) in [6, 6.07) is 7.82. The highest BCUT2D eigenvalue weighted by Gasteiger charge is 2.42. The van der Waals surface area contributed by atoms with E-state index in [-0.39, 0.29) is 5.78 Å². The summed E-state index contributed by atoms with van der Waals surface area (Å²) >= 11 is 3.53. The molecule has 0 bridgehead atoms. The Labute approximate surface area is 110 Å². The molecule has 0 atom stereocenters. The molecule has 1 saturated carbocycles. The van der Waals surface area contributed by atoms with Gasteiger partial charge in [0.15, 0.2) is 0 Å². The molecule has 1 aliphatic carbocycles. The van der Waals surface area contributed by atoms with Crippen molar-refractivity contribution < 1.29 is 9.53 Å². The highest BCUT2D eigenvalue weighted by molar-refractivity contribution is 9.09. The number of ether oxygens (including phenoxy) is 1. The summed E-state index contributed by atoms with van der Waals surface area (Å²) in [4.78, 5) is 11.0. The van der Waals surface area contributed by atoms with E-state index in [1.54, 1.807) is 6.92 Å². The Bertz CT molecular complexity index is 393. The molecule has 0 radical (unpaired) electrons. The summed E-state index contributed by atoms with van der Waals surface area (Å²) in [5, 5.41) is 1.02. The molecule has 1 aromatic rings. The lowest BCUT2D eigenvalue weighted by molar-refractivity contribution is -0.116. The van der Waals surface area contributed by atoms with E-state index in [2.05, 4.69) is 15.9 Å². The highest BCUT2D eigenvalue weighted by atomic mass is 79.9. The van der Waals surface area contributed by atoms with Gasteiger partial charge < -0.3 is 4.74 Å². The third kappa shape index (κ3) is 3.56. The van der Waals surface area contributed by atoms with Crippen molar-refractivity contribution in [1.82, 2.24) is 0 Å². The number of alkyl halides is 1. The average Bonchev–Trinajstić information content (AvgIpc) is 3.08. The first-order valence-electron chi connectivity index (χ1n) is 5.91. The van der Waals surface area contributed by atoms with E-state index in [1.165, 1.54) is 12.8 Å². The van der Waals surface area contributed by atoms with Crippen LogP contribution in [0, 0.1) is 5.41 Å². The lowest BCUT2D eigenvalue weighted by atomic mass is 10.1. The van der Waals surface area contributed by atoms with Gasteiger partial charge in [0.05, 0.1) is 6.61 Å². The molecule has 0 aliphatic heterocycles. The van der Waals surface area contributed by atoms with E-state index in [0.717, 1.165) is 23.2 Å². The van der Waals surface area contributed by atoms with Crippen LogP contribution in [0.2, 0.25) is 0 Å². The number of halogens is 1. The summed E-state index contributed by atoms with van der Waals surface area (Å²) in [6.45, 7) is 2.39. The van der Waals surface area contributed by atoms with Crippen LogP contribution in [0.5, 0.6) is 5.75 Å². The van der Waals surface area contributed by atoms with E-state index in [0.29, 0.717) is 11.8 Å². The maximum Gasteiger partial charge on any atom is 0.134 e. The first kappa shape index (κ1) is 12.6. The van der Waals surface area contributed by atoms with Gasteiger partial charge in [0, 0.05) is 17.2 Å². The fraction of sp³-hybridized carbons (Fsp3) is 0.500. The molecule has 0 heterocycles. The van der Waals surface area contributed by atoms with Gasteiger partial charge in [-0.25, -0.2) is 0 Å². The van der Waals surface area contributed by atoms with Crippen molar-refractivity contribution in [3.05, 3.63) is 29.8 Å². The number of rotatable bonds is 6. The van der Waals surface area contributed by atoms with Gasteiger partial charge in [-0.05, 0) is 37.5 Å². The standard InChI is InChI=1S/C14H17BrO2/c1-11(16)8-12-2-4-13(5-3-12)17-10-14(9-15)6-7-14/h2-5H,6-10H2,1H3. The molecule has 2 nitrogen and oxygen atoms in total. The fourth-order valence-corrected chi connectivity index (χ4v) is 2.44. The molecule has 2 rings (SSSR count). The zero-order valence-corrected chi connectivity index (χ0v) is 11.6. The van der Waals surface area contributed by atoms with Crippen LogP contribution in [-0.4, -0.2) is 17.7 Å². The largest absolute Gasteiger partial charge is 0.493 e. The number of carbonyl (C=O) groups is 1. The molecule has 17 heavy (non-hydrogen) atoms. The van der Waals surface area contributed by atoms with Crippen LogP contribution >= 0.6 is 15.9 Å². The molecule has 0 spiro atoms. The van der Waals surface area contributed by atoms with Gasteiger partial charge in [-0.15, -0.1) is 0 Å². The number of ketones is 1. The minimum absolute atomic E-state index is 0.190. The van der Waals surface area contributed by atoms with Crippen LogP contribution in [-0.2, 0) is 11.2 Å². The number of benzene rings is 1. The first-order valence-corrected chi connectivity index (χ1v) is 7.03. The lowest BCUT2D eigenvalue weighted by Gasteiger charge is -2.13. The van der Waals surface area contributed by atoms with E-state index < -0.39 is 0 Å². The van der Waals surface area contributed by atoms with Gasteiger partial charge in [0.1, 0.15) is 11.5 Å². The van der Waals surface area contributed by atoms with Crippen LogP contribution in [0.1, 0.15) is 25.3 Å². The normalized spacial score (nSPS) is 16.6. The predicted molar refractivity (Wildman–Crippen MR) is 71.8 cm³/mol. The smallest absolute Gasteiger partial charge is 0.134 e. The minimum atomic E-state index is 0.190. The van der Waals surface area contributed by atoms with Crippen molar-refractivity contribution in [1.29, 1.82) is 0 Å². The Kier molecular flexibility index (Phi) is 3.87. The SMILES string of the molecule is CC(=O)Cc1ccc(OCC2(CBr)CC2)cc1. The van der Waals surface area contributed by atoms with E-state index in [9.17, 15) is 4.79 Å². The zero-order valence-electron chi connectivity index (χ0n) is 10.0. The first-order chi connectivity index (χ1) is 8.13. The quantitative estimate of drug-likeness (QED) is 0.753. The van der Waals surface area contributed by atoms with Gasteiger partial charge in [-0.2, -0.15) is 0 Å². The molecule has 0 unspecified atom stereocenters. The Balaban J connectivity index is 1.87. The minimum Gasteiger partial charge on any atom is -0.493 e. The molecule has 0 N–H and O–H groups in total. The van der Waals surface area contributed by atoms with E-state index in [1.807, 2.05) is 24.3 Å². The van der Waals surface area contributed by atoms with Crippen molar-refractivity contribution in [2.45, 2.75) is 26.2 Å². The summed E-state index contributed by atoms with van der Waals surface area (Å²) in [5.74, 6) is 1.08. The van der Waals surface area contributed by atoms with Crippen molar-refractivity contribution in [3.63, 3.8) is 0 Å². The van der Waals surface area contributed by atoms with Crippen molar-refractivity contribution >= 4 is 21.7 Å². The molecule has 1 aliphatic rings. The van der Waals surface area contributed by atoms with Crippen LogP contribution in [0.25, 0.3) is 0 Å². The predicted octanol–water partition coefficient (Wildman–Crippen LogP) is 3.37. The number of Topliss-reactive ketones (excluding diaryl/α,β-unsaturated/α-hetero) is 1. The Morgan fingerprint density at radius 3 is 2.47 bits per heavy atom. The molecule has 92 valence electrons. The van der Waals surface area contributed by atoms with Crippen LogP contribution in [0.15, 0.2) is 24.3 Å². The van der Waals surface area contributed by atoms with Gasteiger partial charge in [0.2, 0.25) is 0 Å². The Morgan fingerprint density at radius 1 is 1.35 bits per heavy atom. The average molecular weight is 297 g/mol. The highest BCUT2D eigenvalue weighted by Crippen LogP contribution is 2.47. The summed E-state index contributed by atoms with van der Waals surface area (Å²) in [6.07, 6.45) is 3.01. The Hall–Kier alpha value is -0.830. The van der Waals surface area contributed by atoms with Crippen LogP contribution < -0.4 is 4.74 Å².